The van der Waals surface area contributed by atoms with Gasteiger partial charge in [0.25, 0.3) is 5.91 Å². The van der Waals surface area contributed by atoms with Gasteiger partial charge in [-0.25, -0.2) is 0 Å². The first-order chi connectivity index (χ1) is 13.0. The molecule has 3 heterocycles. The Labute approximate surface area is 164 Å². The maximum Gasteiger partial charge on any atom is 0.253 e. The number of nitrogens with zero attached hydrogens (tertiary/aromatic N) is 1. The summed E-state index contributed by atoms with van der Waals surface area (Å²) in [5.74, 6) is 0.567. The molecule has 27 heavy (non-hydrogen) atoms. The highest BCUT2D eigenvalue weighted by atomic mass is 35.5. The predicted octanol–water partition coefficient (Wildman–Crippen LogP) is 3.77. The quantitative estimate of drug-likeness (QED) is 0.835. The van der Waals surface area contributed by atoms with Crippen molar-refractivity contribution in [1.29, 1.82) is 0 Å². The van der Waals surface area contributed by atoms with Crippen LogP contribution in [0.4, 0.5) is 0 Å². The van der Waals surface area contributed by atoms with Crippen LogP contribution in [0.2, 0.25) is 5.02 Å². The monoisotopic (exact) mass is 390 g/mol. The molecule has 2 aliphatic rings. The van der Waals surface area contributed by atoms with Crippen LogP contribution >= 0.6 is 11.6 Å². The first-order valence-electron chi connectivity index (χ1n) is 9.85. The van der Waals surface area contributed by atoms with E-state index in [0.717, 1.165) is 49.9 Å². The molecule has 6 heteroatoms. The second-order valence-corrected chi connectivity index (χ2v) is 8.63. The highest BCUT2D eigenvalue weighted by Crippen LogP contribution is 2.34. The third-order valence-corrected chi connectivity index (χ3v) is 6.31. The fraction of sp³-hybridized carbons (Fsp3) is 0.571. The minimum Gasteiger partial charge on any atom is -0.388 e. The van der Waals surface area contributed by atoms with Crippen LogP contribution in [-0.2, 0) is 4.74 Å². The Bertz CT molecular complexity index is 843. The molecule has 1 unspecified atom stereocenters. The van der Waals surface area contributed by atoms with Gasteiger partial charge in [0.05, 0.1) is 28.3 Å². The van der Waals surface area contributed by atoms with Gasteiger partial charge in [-0.15, -0.1) is 0 Å². The van der Waals surface area contributed by atoms with Gasteiger partial charge < -0.3 is 19.6 Å². The first kappa shape index (κ1) is 18.8. The SMILES string of the molecule is C[C@@H]1CCC[C@@](O)(CNC(=O)c2cc(C3CCOC3)n3cccc(Cl)c23)C1. The Morgan fingerprint density at radius 2 is 2.33 bits per heavy atom. The zero-order valence-electron chi connectivity index (χ0n) is 15.7. The number of aromatic nitrogens is 1. The lowest BCUT2D eigenvalue weighted by Gasteiger charge is -2.35. The predicted molar refractivity (Wildman–Crippen MR) is 105 cm³/mol. The van der Waals surface area contributed by atoms with Gasteiger partial charge in [-0.1, -0.05) is 31.4 Å². The summed E-state index contributed by atoms with van der Waals surface area (Å²) in [6, 6.07) is 5.63. The van der Waals surface area contributed by atoms with Gasteiger partial charge in [0.1, 0.15) is 0 Å². The highest BCUT2D eigenvalue weighted by molar-refractivity contribution is 6.34. The highest BCUT2D eigenvalue weighted by Gasteiger charge is 2.33. The Hall–Kier alpha value is -1.56. The first-order valence-corrected chi connectivity index (χ1v) is 10.2. The Morgan fingerprint density at radius 3 is 3.07 bits per heavy atom. The molecule has 3 atom stereocenters. The van der Waals surface area contributed by atoms with E-state index < -0.39 is 5.60 Å². The normalized spacial score (nSPS) is 28.6. The second-order valence-electron chi connectivity index (χ2n) is 8.23. The molecule has 0 bridgehead atoms. The van der Waals surface area contributed by atoms with E-state index in [1.165, 1.54) is 0 Å². The molecular formula is C21H27ClN2O3. The molecule has 5 nitrogen and oxygen atoms in total. The average Bonchev–Trinajstić information content (AvgIpc) is 3.27. The third kappa shape index (κ3) is 3.73. The van der Waals surface area contributed by atoms with Crippen LogP contribution in [0.25, 0.3) is 5.52 Å². The van der Waals surface area contributed by atoms with Crippen molar-refractivity contribution in [2.45, 2.75) is 50.5 Å². The largest absolute Gasteiger partial charge is 0.388 e. The summed E-state index contributed by atoms with van der Waals surface area (Å²) in [7, 11) is 0. The summed E-state index contributed by atoms with van der Waals surface area (Å²) in [6.45, 7) is 3.84. The molecule has 1 aliphatic carbocycles. The van der Waals surface area contributed by atoms with Gasteiger partial charge in [-0.3, -0.25) is 4.79 Å². The number of ether oxygens (including phenoxy) is 1. The average molecular weight is 391 g/mol. The molecular weight excluding hydrogens is 364 g/mol. The van der Waals surface area contributed by atoms with Crippen molar-refractivity contribution in [3.8, 4) is 0 Å². The fourth-order valence-corrected chi connectivity index (χ4v) is 4.90. The van der Waals surface area contributed by atoms with E-state index in [2.05, 4.69) is 12.2 Å². The topological polar surface area (TPSA) is 63.0 Å². The standard InChI is InChI=1S/C21H27ClN2O3/c1-14-4-2-7-21(26,11-14)13-23-20(25)16-10-18(15-6-9-27-12-15)24-8-3-5-17(22)19(16)24/h3,5,8,10,14-15,26H,2,4,6-7,9,11-13H2,1H3,(H,23,25)/t14-,15?,21+/m1/s1. The minimum atomic E-state index is -0.811. The number of pyridine rings is 1. The number of amides is 1. The van der Waals surface area contributed by atoms with Gasteiger partial charge in [-0.05, 0) is 43.4 Å². The van der Waals surface area contributed by atoms with Crippen LogP contribution in [0, 0.1) is 5.92 Å². The number of hydrogen-bond acceptors (Lipinski definition) is 3. The van der Waals surface area contributed by atoms with Crippen LogP contribution < -0.4 is 5.32 Å². The van der Waals surface area contributed by atoms with E-state index in [4.69, 9.17) is 16.3 Å². The molecule has 1 aliphatic heterocycles. The zero-order chi connectivity index (χ0) is 19.0. The molecule has 4 rings (SSSR count). The molecule has 0 aromatic carbocycles. The summed E-state index contributed by atoms with van der Waals surface area (Å²) in [5, 5.41) is 14.3. The molecule has 1 saturated heterocycles. The smallest absolute Gasteiger partial charge is 0.253 e. The molecule has 1 amide bonds. The molecule has 146 valence electrons. The van der Waals surface area contributed by atoms with Crippen molar-refractivity contribution in [3.05, 3.63) is 40.7 Å². The Morgan fingerprint density at radius 1 is 1.48 bits per heavy atom. The van der Waals surface area contributed by atoms with Gasteiger partial charge in [0.2, 0.25) is 0 Å². The molecule has 1 saturated carbocycles. The molecule has 2 aromatic rings. The lowest BCUT2D eigenvalue weighted by Crippen LogP contribution is -2.45. The summed E-state index contributed by atoms with van der Waals surface area (Å²) in [6.07, 6.45) is 6.50. The van der Waals surface area contributed by atoms with Gasteiger partial charge >= 0.3 is 0 Å². The van der Waals surface area contributed by atoms with E-state index in [1.54, 1.807) is 6.07 Å². The number of halogens is 1. The van der Waals surface area contributed by atoms with Crippen molar-refractivity contribution in [2.75, 3.05) is 19.8 Å². The lowest BCUT2D eigenvalue weighted by atomic mass is 9.79. The summed E-state index contributed by atoms with van der Waals surface area (Å²) >= 11 is 6.44. The van der Waals surface area contributed by atoms with Crippen LogP contribution in [0.1, 0.15) is 61.0 Å². The van der Waals surface area contributed by atoms with E-state index in [0.29, 0.717) is 23.1 Å². The summed E-state index contributed by atoms with van der Waals surface area (Å²) in [4.78, 5) is 13.0. The maximum atomic E-state index is 13.0. The number of carbonyl (C=O) groups excluding carboxylic acids is 1. The number of carbonyl (C=O) groups is 1. The van der Waals surface area contributed by atoms with Crippen molar-refractivity contribution in [2.24, 2.45) is 5.92 Å². The van der Waals surface area contributed by atoms with E-state index in [1.807, 2.05) is 22.7 Å². The maximum absolute atomic E-state index is 13.0. The molecule has 0 radical (unpaired) electrons. The summed E-state index contributed by atoms with van der Waals surface area (Å²) < 4.78 is 7.54. The molecule has 0 spiro atoms. The van der Waals surface area contributed by atoms with Crippen molar-refractivity contribution < 1.29 is 14.6 Å². The fourth-order valence-electron chi connectivity index (χ4n) is 4.63. The van der Waals surface area contributed by atoms with Crippen LogP contribution in [0.5, 0.6) is 0 Å². The lowest BCUT2D eigenvalue weighted by molar-refractivity contribution is -0.0109. The van der Waals surface area contributed by atoms with Crippen molar-refractivity contribution in [3.63, 3.8) is 0 Å². The molecule has 2 aromatic heterocycles. The number of nitrogens with one attached hydrogen (secondary N) is 1. The number of hydrogen-bond donors (Lipinski definition) is 2. The van der Waals surface area contributed by atoms with Gasteiger partial charge in [-0.2, -0.15) is 0 Å². The van der Waals surface area contributed by atoms with Gasteiger partial charge in [0, 0.05) is 31.0 Å². The van der Waals surface area contributed by atoms with E-state index in [-0.39, 0.29) is 18.4 Å². The number of rotatable bonds is 4. The second kappa shape index (κ2) is 7.46. The van der Waals surface area contributed by atoms with Gasteiger partial charge in [0.15, 0.2) is 0 Å². The number of fused-ring (bicyclic) bond motifs is 1. The Balaban J connectivity index is 1.60. The minimum absolute atomic E-state index is 0.183. The third-order valence-electron chi connectivity index (χ3n) is 6.01. The van der Waals surface area contributed by atoms with E-state index >= 15 is 0 Å². The number of aliphatic hydroxyl groups is 1. The van der Waals surface area contributed by atoms with E-state index in [9.17, 15) is 9.90 Å². The van der Waals surface area contributed by atoms with Crippen LogP contribution in [0.3, 0.4) is 0 Å². The van der Waals surface area contributed by atoms with Crippen molar-refractivity contribution in [1.82, 2.24) is 9.72 Å². The molecule has 2 N–H and O–H groups in total. The van der Waals surface area contributed by atoms with Crippen LogP contribution in [0.15, 0.2) is 24.4 Å². The van der Waals surface area contributed by atoms with Crippen LogP contribution in [-0.4, -0.2) is 40.8 Å². The van der Waals surface area contributed by atoms with Crippen molar-refractivity contribution >= 4 is 23.0 Å². The zero-order valence-corrected chi connectivity index (χ0v) is 16.5. The molecule has 2 fully saturated rings. The summed E-state index contributed by atoms with van der Waals surface area (Å²) in [5.41, 5.74) is 1.53. The Kier molecular flexibility index (Phi) is 5.19.